The van der Waals surface area contributed by atoms with Crippen LogP contribution in [-0.2, 0) is 0 Å². The lowest BCUT2D eigenvalue weighted by molar-refractivity contribution is 0.0951. The molecule has 1 aromatic heterocycles. The molecule has 1 aliphatic rings. The Balaban J connectivity index is 1.46. The van der Waals surface area contributed by atoms with Crippen molar-refractivity contribution in [1.82, 2.24) is 15.2 Å². The lowest BCUT2D eigenvalue weighted by Gasteiger charge is -2.30. The number of piperidine rings is 1. The Kier molecular flexibility index (Phi) is 7.22. The van der Waals surface area contributed by atoms with Crippen molar-refractivity contribution in [2.75, 3.05) is 38.6 Å². The molecular formula is C26H32N4O2. The molecule has 168 valence electrons. The zero-order valence-corrected chi connectivity index (χ0v) is 18.9. The van der Waals surface area contributed by atoms with E-state index >= 15 is 0 Å². The molecule has 0 radical (unpaired) electrons. The fourth-order valence-corrected chi connectivity index (χ4v) is 4.40. The minimum absolute atomic E-state index is 0.0707. The second kappa shape index (κ2) is 10.5. The molecule has 2 heterocycles. The summed E-state index contributed by atoms with van der Waals surface area (Å²) in [5, 5.41) is 7.26. The van der Waals surface area contributed by atoms with E-state index in [1.54, 1.807) is 7.11 Å². The van der Waals surface area contributed by atoms with Crippen molar-refractivity contribution in [2.45, 2.75) is 26.2 Å². The largest absolute Gasteiger partial charge is 0.495 e. The summed E-state index contributed by atoms with van der Waals surface area (Å²) in [5.74, 6) is 2.04. The molecule has 4 rings (SSSR count). The maximum absolute atomic E-state index is 13.1. The van der Waals surface area contributed by atoms with E-state index in [1.165, 1.54) is 25.9 Å². The number of likely N-dealkylation sites (tertiary alicyclic amines) is 1. The number of carbonyl (C=O) groups excluding carboxylic acids is 1. The minimum atomic E-state index is -0.0707. The first-order valence-electron chi connectivity index (χ1n) is 11.4. The fraction of sp³-hybridized carbons (Fsp3) is 0.385. The van der Waals surface area contributed by atoms with E-state index in [2.05, 4.69) is 22.5 Å². The zero-order chi connectivity index (χ0) is 22.3. The number of hydrogen-bond acceptors (Lipinski definition) is 5. The zero-order valence-electron chi connectivity index (χ0n) is 18.9. The summed E-state index contributed by atoms with van der Waals surface area (Å²) in [5.41, 5.74) is 2.21. The molecule has 2 aromatic carbocycles. The molecular weight excluding hydrogens is 400 g/mol. The number of anilines is 2. The number of rotatable bonds is 8. The molecule has 0 aliphatic carbocycles. The van der Waals surface area contributed by atoms with Crippen molar-refractivity contribution in [3.8, 4) is 5.75 Å². The first-order valence-corrected chi connectivity index (χ1v) is 11.4. The van der Waals surface area contributed by atoms with Crippen molar-refractivity contribution < 1.29 is 9.53 Å². The van der Waals surface area contributed by atoms with Crippen molar-refractivity contribution in [1.29, 1.82) is 0 Å². The van der Waals surface area contributed by atoms with Gasteiger partial charge in [0.05, 0.1) is 23.9 Å². The third-order valence-corrected chi connectivity index (χ3v) is 6.01. The first-order chi connectivity index (χ1) is 15.6. The van der Waals surface area contributed by atoms with Crippen LogP contribution in [0.15, 0.2) is 54.6 Å². The molecule has 3 aromatic rings. The maximum Gasteiger partial charge on any atom is 0.252 e. The molecule has 32 heavy (non-hydrogen) atoms. The van der Waals surface area contributed by atoms with E-state index < -0.39 is 0 Å². The average molecular weight is 433 g/mol. The van der Waals surface area contributed by atoms with E-state index in [0.29, 0.717) is 17.9 Å². The van der Waals surface area contributed by atoms with Gasteiger partial charge in [0.15, 0.2) is 0 Å². The van der Waals surface area contributed by atoms with Gasteiger partial charge in [0.2, 0.25) is 0 Å². The molecule has 1 amide bonds. The van der Waals surface area contributed by atoms with Crippen LogP contribution in [0.25, 0.3) is 10.9 Å². The Bertz CT molecular complexity index is 1070. The Hall–Kier alpha value is -3.12. The summed E-state index contributed by atoms with van der Waals surface area (Å²) in [6, 6.07) is 17.2. The number of pyridine rings is 1. The molecule has 6 nitrogen and oxygen atoms in total. The fourth-order valence-electron chi connectivity index (χ4n) is 4.40. The van der Waals surface area contributed by atoms with Gasteiger partial charge in [-0.05, 0) is 62.5 Å². The summed E-state index contributed by atoms with van der Waals surface area (Å²) in [6.07, 6.45) is 3.56. The van der Waals surface area contributed by atoms with Crippen molar-refractivity contribution in [2.24, 2.45) is 5.92 Å². The summed E-state index contributed by atoms with van der Waals surface area (Å²) in [4.78, 5) is 20.3. The molecule has 1 fully saturated rings. The number of para-hydroxylation sites is 3. The number of aromatic nitrogens is 1. The third kappa shape index (κ3) is 5.37. The quantitative estimate of drug-likeness (QED) is 0.499. The maximum atomic E-state index is 13.1. The van der Waals surface area contributed by atoms with Crippen LogP contribution in [0.5, 0.6) is 5.75 Å². The Morgan fingerprint density at radius 2 is 2.00 bits per heavy atom. The highest BCUT2D eigenvalue weighted by molar-refractivity contribution is 6.07. The van der Waals surface area contributed by atoms with Gasteiger partial charge in [0.25, 0.3) is 5.91 Å². The van der Waals surface area contributed by atoms with Crippen LogP contribution in [-0.4, -0.2) is 49.1 Å². The lowest BCUT2D eigenvalue weighted by atomic mass is 10.0. The number of hydrogen-bond donors (Lipinski definition) is 2. The number of nitrogens with one attached hydrogen (secondary N) is 2. The van der Waals surface area contributed by atoms with Gasteiger partial charge in [-0.25, -0.2) is 4.98 Å². The molecule has 0 unspecified atom stereocenters. The van der Waals surface area contributed by atoms with Gasteiger partial charge in [0, 0.05) is 18.5 Å². The third-order valence-electron chi connectivity index (χ3n) is 6.01. The van der Waals surface area contributed by atoms with Crippen molar-refractivity contribution in [3.63, 3.8) is 0 Å². The van der Waals surface area contributed by atoms with Gasteiger partial charge < -0.3 is 20.3 Å². The van der Waals surface area contributed by atoms with Crippen molar-refractivity contribution in [3.05, 3.63) is 60.2 Å². The van der Waals surface area contributed by atoms with Crippen LogP contribution in [0.4, 0.5) is 11.5 Å². The normalized spacial score (nSPS) is 16.6. The molecule has 1 saturated heterocycles. The summed E-state index contributed by atoms with van der Waals surface area (Å²) < 4.78 is 5.43. The van der Waals surface area contributed by atoms with Crippen LogP contribution >= 0.6 is 0 Å². The smallest absolute Gasteiger partial charge is 0.252 e. The van der Waals surface area contributed by atoms with Gasteiger partial charge in [-0.1, -0.05) is 37.3 Å². The molecule has 1 aliphatic heterocycles. The van der Waals surface area contributed by atoms with Gasteiger partial charge in [-0.2, -0.15) is 0 Å². The predicted molar refractivity (Wildman–Crippen MR) is 130 cm³/mol. The second-order valence-electron chi connectivity index (χ2n) is 8.55. The monoisotopic (exact) mass is 432 g/mol. The second-order valence-corrected chi connectivity index (χ2v) is 8.55. The SMILES string of the molecule is COc1ccccc1Nc1cc(C(=O)NCCCN2CCC[C@H](C)C2)c2ccccc2n1. The lowest BCUT2D eigenvalue weighted by Crippen LogP contribution is -2.36. The van der Waals surface area contributed by atoms with Crippen LogP contribution in [0, 0.1) is 5.92 Å². The van der Waals surface area contributed by atoms with Gasteiger partial charge in [-0.3, -0.25) is 4.79 Å². The molecule has 2 N–H and O–H groups in total. The number of methoxy groups -OCH3 is 1. The summed E-state index contributed by atoms with van der Waals surface area (Å²) in [6.45, 7) is 6.35. The number of amides is 1. The van der Waals surface area contributed by atoms with E-state index in [1.807, 2.05) is 54.6 Å². The van der Waals surface area contributed by atoms with Gasteiger partial charge >= 0.3 is 0 Å². The first kappa shape index (κ1) is 22.1. The standard InChI is InChI=1S/C26H32N4O2/c1-19-9-7-15-30(18-19)16-8-14-27-26(31)21-17-25(28-22-11-4-3-10-20(21)22)29-23-12-5-6-13-24(23)32-2/h3-6,10-13,17,19H,7-9,14-16,18H2,1-2H3,(H,27,31)(H,28,29)/t19-/m0/s1. The summed E-state index contributed by atoms with van der Waals surface area (Å²) in [7, 11) is 1.64. The molecule has 1 atom stereocenters. The van der Waals surface area contributed by atoms with E-state index in [-0.39, 0.29) is 5.91 Å². The van der Waals surface area contributed by atoms with E-state index in [9.17, 15) is 4.79 Å². The van der Waals surface area contributed by atoms with Crippen LogP contribution in [0.3, 0.4) is 0 Å². The van der Waals surface area contributed by atoms with Gasteiger partial charge in [-0.15, -0.1) is 0 Å². The van der Waals surface area contributed by atoms with Crippen LogP contribution in [0.2, 0.25) is 0 Å². The highest BCUT2D eigenvalue weighted by Crippen LogP contribution is 2.28. The van der Waals surface area contributed by atoms with E-state index in [4.69, 9.17) is 9.72 Å². The predicted octanol–water partition coefficient (Wildman–Crippen LogP) is 4.84. The number of fused-ring (bicyclic) bond motifs is 1. The Morgan fingerprint density at radius 3 is 2.84 bits per heavy atom. The minimum Gasteiger partial charge on any atom is -0.495 e. The topological polar surface area (TPSA) is 66.5 Å². The number of carbonyl (C=O) groups is 1. The highest BCUT2D eigenvalue weighted by atomic mass is 16.5. The van der Waals surface area contributed by atoms with Crippen LogP contribution < -0.4 is 15.4 Å². The average Bonchev–Trinajstić information content (AvgIpc) is 2.81. The van der Waals surface area contributed by atoms with Crippen LogP contribution in [0.1, 0.15) is 36.5 Å². The summed E-state index contributed by atoms with van der Waals surface area (Å²) >= 11 is 0. The Labute approximate surface area is 190 Å². The number of ether oxygens (including phenoxy) is 1. The molecule has 0 bridgehead atoms. The molecule has 0 saturated carbocycles. The van der Waals surface area contributed by atoms with Crippen molar-refractivity contribution >= 4 is 28.3 Å². The van der Waals surface area contributed by atoms with E-state index in [0.717, 1.165) is 41.2 Å². The number of nitrogens with zero attached hydrogens (tertiary/aromatic N) is 2. The highest BCUT2D eigenvalue weighted by Gasteiger charge is 2.16. The molecule has 0 spiro atoms. The Morgan fingerprint density at radius 1 is 1.19 bits per heavy atom. The molecule has 6 heteroatoms. The van der Waals surface area contributed by atoms with Gasteiger partial charge in [0.1, 0.15) is 11.6 Å². The number of benzene rings is 2.